The Hall–Kier alpha value is -0.670. The Morgan fingerprint density at radius 3 is 2.50 bits per heavy atom. The largest absolute Gasteiger partial charge is 0.448 e. The van der Waals surface area contributed by atoms with E-state index < -0.39 is 0 Å². The molecule has 0 radical (unpaired) electrons. The normalized spacial score (nSPS) is 12.7. The lowest BCUT2D eigenvalue weighted by molar-refractivity contribution is 0.453. The van der Waals surface area contributed by atoms with E-state index >= 15 is 0 Å². The minimum atomic E-state index is -0.132. The maximum atomic E-state index is 6.22. The van der Waals surface area contributed by atoms with Gasteiger partial charge in [-0.05, 0) is 48.0 Å². The van der Waals surface area contributed by atoms with Gasteiger partial charge in [-0.15, -0.1) is 0 Å². The lowest BCUT2D eigenvalue weighted by atomic mass is 10.0. The third kappa shape index (κ3) is 3.01. The predicted octanol–water partition coefficient (Wildman–Crippen LogP) is 4.94. The summed E-state index contributed by atoms with van der Waals surface area (Å²) in [5, 5.41) is 4.87. The fourth-order valence-corrected chi connectivity index (χ4v) is 2.46. The van der Waals surface area contributed by atoms with Crippen LogP contribution in [-0.4, -0.2) is 6.54 Å². The molecule has 0 aliphatic heterocycles. The zero-order valence-corrected chi connectivity index (χ0v) is 12.0. The highest BCUT2D eigenvalue weighted by atomic mass is 35.5. The molecule has 1 atom stereocenters. The van der Waals surface area contributed by atoms with Crippen molar-refractivity contribution >= 4 is 34.8 Å². The second kappa shape index (κ2) is 5.98. The molecule has 18 heavy (non-hydrogen) atoms. The highest BCUT2D eigenvalue weighted by Gasteiger charge is 2.19. The summed E-state index contributed by atoms with van der Waals surface area (Å²) in [6.45, 7) is 2.79. The minimum Gasteiger partial charge on any atom is -0.448 e. The molecule has 0 saturated heterocycles. The van der Waals surface area contributed by atoms with Crippen molar-refractivity contribution < 1.29 is 4.42 Å². The molecule has 1 heterocycles. The van der Waals surface area contributed by atoms with Gasteiger partial charge in [0.2, 0.25) is 0 Å². The van der Waals surface area contributed by atoms with Crippen molar-refractivity contribution in [3.05, 3.63) is 56.9 Å². The lowest BCUT2D eigenvalue weighted by Gasteiger charge is -2.17. The zero-order valence-electron chi connectivity index (χ0n) is 9.71. The second-order valence-electron chi connectivity index (χ2n) is 3.80. The van der Waals surface area contributed by atoms with Gasteiger partial charge in [0.25, 0.3) is 0 Å². The average molecular weight is 305 g/mol. The molecule has 0 bridgehead atoms. The van der Waals surface area contributed by atoms with Crippen LogP contribution in [0.25, 0.3) is 0 Å². The van der Waals surface area contributed by atoms with E-state index in [1.807, 2.05) is 19.1 Å². The molecular weight excluding hydrogens is 293 g/mol. The fraction of sp³-hybridized carbons (Fsp3) is 0.231. The van der Waals surface area contributed by atoms with E-state index in [0.29, 0.717) is 15.3 Å². The first-order chi connectivity index (χ1) is 8.61. The van der Waals surface area contributed by atoms with Crippen molar-refractivity contribution in [2.24, 2.45) is 0 Å². The van der Waals surface area contributed by atoms with E-state index in [2.05, 4.69) is 5.32 Å². The number of nitrogens with one attached hydrogen (secondary N) is 1. The van der Waals surface area contributed by atoms with E-state index in [0.717, 1.165) is 17.9 Å². The van der Waals surface area contributed by atoms with Gasteiger partial charge in [-0.25, -0.2) is 0 Å². The van der Waals surface area contributed by atoms with Crippen LogP contribution in [0.2, 0.25) is 15.3 Å². The van der Waals surface area contributed by atoms with Crippen molar-refractivity contribution in [3.63, 3.8) is 0 Å². The molecule has 1 N–H and O–H groups in total. The number of furan rings is 1. The second-order valence-corrected chi connectivity index (χ2v) is 5.01. The van der Waals surface area contributed by atoms with Crippen molar-refractivity contribution in [2.45, 2.75) is 13.0 Å². The number of halogens is 3. The number of hydrogen-bond donors (Lipinski definition) is 1. The zero-order chi connectivity index (χ0) is 13.1. The van der Waals surface area contributed by atoms with Crippen molar-refractivity contribution in [1.29, 1.82) is 0 Å². The number of benzene rings is 1. The van der Waals surface area contributed by atoms with Gasteiger partial charge in [-0.2, -0.15) is 0 Å². The first-order valence-electron chi connectivity index (χ1n) is 5.55. The van der Waals surface area contributed by atoms with E-state index in [9.17, 15) is 0 Å². The standard InChI is InChI=1S/C13H12Cl3NO/c1-2-17-13(11-5-6-12(16)18-11)9-4-3-8(14)7-10(9)15/h3-7,13,17H,2H2,1H3. The summed E-state index contributed by atoms with van der Waals surface area (Å²) in [4.78, 5) is 0. The average Bonchev–Trinajstić information content (AvgIpc) is 2.73. The summed E-state index contributed by atoms with van der Waals surface area (Å²) >= 11 is 17.9. The highest BCUT2D eigenvalue weighted by molar-refractivity contribution is 6.35. The van der Waals surface area contributed by atoms with Crippen LogP contribution >= 0.6 is 34.8 Å². The molecule has 2 nitrogen and oxygen atoms in total. The van der Waals surface area contributed by atoms with E-state index in [1.54, 1.807) is 18.2 Å². The van der Waals surface area contributed by atoms with Crippen molar-refractivity contribution in [1.82, 2.24) is 5.32 Å². The first kappa shape index (κ1) is 13.8. The van der Waals surface area contributed by atoms with Gasteiger partial charge in [0.1, 0.15) is 5.76 Å². The quantitative estimate of drug-likeness (QED) is 0.865. The maximum absolute atomic E-state index is 6.22. The smallest absolute Gasteiger partial charge is 0.193 e. The van der Waals surface area contributed by atoms with Gasteiger partial charge in [0.15, 0.2) is 5.22 Å². The molecule has 1 unspecified atom stereocenters. The third-order valence-corrected chi connectivity index (χ3v) is 3.33. The molecule has 2 rings (SSSR count). The van der Waals surface area contributed by atoms with Crippen LogP contribution in [0.15, 0.2) is 34.7 Å². The van der Waals surface area contributed by atoms with Crippen LogP contribution in [-0.2, 0) is 0 Å². The summed E-state index contributed by atoms with van der Waals surface area (Å²) in [5.74, 6) is 0.728. The Balaban J connectivity index is 2.41. The molecule has 5 heteroatoms. The van der Waals surface area contributed by atoms with Crippen LogP contribution in [0.1, 0.15) is 24.3 Å². The SMILES string of the molecule is CCNC(c1ccc(Cl)o1)c1ccc(Cl)cc1Cl. The maximum Gasteiger partial charge on any atom is 0.193 e. The molecule has 96 valence electrons. The number of rotatable bonds is 4. The summed E-state index contributed by atoms with van der Waals surface area (Å²) < 4.78 is 5.45. The van der Waals surface area contributed by atoms with Crippen LogP contribution in [0, 0.1) is 0 Å². The molecule has 1 aromatic heterocycles. The number of hydrogen-bond acceptors (Lipinski definition) is 2. The van der Waals surface area contributed by atoms with Crippen molar-refractivity contribution in [2.75, 3.05) is 6.54 Å². The summed E-state index contributed by atoms with van der Waals surface area (Å²) in [7, 11) is 0. The minimum absolute atomic E-state index is 0.132. The van der Waals surface area contributed by atoms with E-state index in [1.165, 1.54) is 0 Å². The lowest BCUT2D eigenvalue weighted by Crippen LogP contribution is -2.21. The summed E-state index contributed by atoms with van der Waals surface area (Å²) in [6, 6.07) is 8.82. The molecule has 0 amide bonds. The predicted molar refractivity (Wildman–Crippen MR) is 75.7 cm³/mol. The Kier molecular flexibility index (Phi) is 4.57. The van der Waals surface area contributed by atoms with Crippen LogP contribution < -0.4 is 5.32 Å². The molecule has 2 aromatic rings. The molecule has 0 spiro atoms. The van der Waals surface area contributed by atoms with Gasteiger partial charge in [-0.1, -0.05) is 36.2 Å². The van der Waals surface area contributed by atoms with Crippen LogP contribution in [0.5, 0.6) is 0 Å². The Morgan fingerprint density at radius 1 is 1.17 bits per heavy atom. The monoisotopic (exact) mass is 303 g/mol. The van der Waals surface area contributed by atoms with Crippen molar-refractivity contribution in [3.8, 4) is 0 Å². The van der Waals surface area contributed by atoms with Gasteiger partial charge >= 0.3 is 0 Å². The molecular formula is C13H12Cl3NO. The van der Waals surface area contributed by atoms with Gasteiger partial charge in [-0.3, -0.25) is 0 Å². The molecule has 0 saturated carbocycles. The van der Waals surface area contributed by atoms with Gasteiger partial charge < -0.3 is 9.73 Å². The molecule has 0 fully saturated rings. The summed E-state index contributed by atoms with van der Waals surface area (Å²) in [5.41, 5.74) is 0.911. The third-order valence-electron chi connectivity index (χ3n) is 2.56. The van der Waals surface area contributed by atoms with E-state index in [-0.39, 0.29) is 6.04 Å². The highest BCUT2D eigenvalue weighted by Crippen LogP contribution is 2.32. The van der Waals surface area contributed by atoms with Crippen LogP contribution in [0.3, 0.4) is 0 Å². The Labute approximate surface area is 121 Å². The Bertz CT molecular complexity index is 539. The van der Waals surface area contributed by atoms with Gasteiger partial charge in [0.05, 0.1) is 6.04 Å². The summed E-state index contributed by atoms with van der Waals surface area (Å²) in [6.07, 6.45) is 0. The molecule has 0 aliphatic rings. The molecule has 1 aromatic carbocycles. The van der Waals surface area contributed by atoms with Gasteiger partial charge in [0, 0.05) is 10.0 Å². The molecule has 0 aliphatic carbocycles. The Morgan fingerprint density at radius 2 is 1.94 bits per heavy atom. The van der Waals surface area contributed by atoms with E-state index in [4.69, 9.17) is 39.2 Å². The topological polar surface area (TPSA) is 25.2 Å². The fourth-order valence-electron chi connectivity index (χ4n) is 1.79. The first-order valence-corrected chi connectivity index (χ1v) is 6.68. The van der Waals surface area contributed by atoms with Crippen LogP contribution in [0.4, 0.5) is 0 Å².